The Bertz CT molecular complexity index is 1090. The lowest BCUT2D eigenvalue weighted by molar-refractivity contribution is 0.100. The molecule has 0 heterocycles. The Balaban J connectivity index is 2.08. The molecule has 0 aliphatic carbocycles. The van der Waals surface area contributed by atoms with Crippen molar-refractivity contribution in [1.29, 1.82) is 0 Å². The summed E-state index contributed by atoms with van der Waals surface area (Å²) in [5, 5.41) is 0. The zero-order chi connectivity index (χ0) is 21.6. The van der Waals surface area contributed by atoms with Gasteiger partial charge in [-0.25, -0.2) is 8.42 Å². The molecule has 0 saturated heterocycles. The lowest BCUT2D eigenvalue weighted by Gasteiger charge is -2.23. The van der Waals surface area contributed by atoms with E-state index >= 15 is 0 Å². The van der Waals surface area contributed by atoms with Gasteiger partial charge in [0.1, 0.15) is 5.75 Å². The summed E-state index contributed by atoms with van der Waals surface area (Å²) in [6.45, 7) is 2.12. The van der Waals surface area contributed by atoms with Crippen molar-refractivity contribution in [3.63, 3.8) is 0 Å². The van der Waals surface area contributed by atoms with Gasteiger partial charge in [0.15, 0.2) is 0 Å². The quantitative estimate of drug-likeness (QED) is 0.507. The normalized spacial score (nSPS) is 11.1. The van der Waals surface area contributed by atoms with Gasteiger partial charge in [0.2, 0.25) is 0 Å². The number of amides is 1. The van der Waals surface area contributed by atoms with Crippen molar-refractivity contribution in [3.05, 3.63) is 90.0 Å². The highest BCUT2D eigenvalue weighted by Gasteiger charge is 2.32. The molecular formula is C24H25NO4S. The van der Waals surface area contributed by atoms with Gasteiger partial charge in [-0.05, 0) is 60.9 Å². The van der Waals surface area contributed by atoms with E-state index < -0.39 is 15.9 Å². The van der Waals surface area contributed by atoms with Gasteiger partial charge in [0.05, 0.1) is 17.7 Å². The largest absolute Gasteiger partial charge is 0.497 e. The van der Waals surface area contributed by atoms with Crippen molar-refractivity contribution >= 4 is 21.6 Å². The molecule has 3 aromatic carbocycles. The van der Waals surface area contributed by atoms with Crippen LogP contribution in [0.1, 0.15) is 35.7 Å². The third-order valence-corrected chi connectivity index (χ3v) is 6.50. The van der Waals surface area contributed by atoms with E-state index in [1.165, 1.54) is 25.3 Å². The summed E-state index contributed by atoms with van der Waals surface area (Å²) in [4.78, 5) is 13.4. The molecule has 0 atom stereocenters. The van der Waals surface area contributed by atoms with Crippen LogP contribution in [0.4, 0.5) is 5.69 Å². The fourth-order valence-corrected chi connectivity index (χ4v) is 4.55. The van der Waals surface area contributed by atoms with Gasteiger partial charge in [-0.2, -0.15) is 4.31 Å². The highest BCUT2D eigenvalue weighted by Crippen LogP contribution is 2.27. The van der Waals surface area contributed by atoms with Crippen molar-refractivity contribution in [3.8, 4) is 5.75 Å². The predicted octanol–water partition coefficient (Wildman–Crippen LogP) is 5.07. The summed E-state index contributed by atoms with van der Waals surface area (Å²) in [5.41, 5.74) is 1.63. The molecule has 3 rings (SSSR count). The van der Waals surface area contributed by atoms with Crippen molar-refractivity contribution < 1.29 is 17.9 Å². The van der Waals surface area contributed by atoms with E-state index in [0.29, 0.717) is 11.4 Å². The van der Waals surface area contributed by atoms with Gasteiger partial charge in [0, 0.05) is 5.56 Å². The van der Waals surface area contributed by atoms with Gasteiger partial charge in [-0.1, -0.05) is 49.7 Å². The smallest absolute Gasteiger partial charge is 0.272 e. The van der Waals surface area contributed by atoms with Crippen LogP contribution in [0.3, 0.4) is 0 Å². The molecule has 0 N–H and O–H groups in total. The Hall–Kier alpha value is -3.12. The number of unbranched alkanes of at least 4 members (excludes halogenated alkanes) is 1. The summed E-state index contributed by atoms with van der Waals surface area (Å²) < 4.78 is 32.9. The SMILES string of the molecule is CCCCc1ccc(N(C(=O)c2cccc(OC)c2)S(=O)(=O)c2ccccc2)cc1. The minimum atomic E-state index is -4.11. The molecule has 0 aliphatic rings. The zero-order valence-electron chi connectivity index (χ0n) is 17.1. The van der Waals surface area contributed by atoms with Gasteiger partial charge in [-0.15, -0.1) is 0 Å². The number of carbonyl (C=O) groups is 1. The number of sulfonamides is 1. The molecule has 0 spiro atoms. The van der Waals surface area contributed by atoms with E-state index in [-0.39, 0.29) is 10.5 Å². The molecule has 156 valence electrons. The summed E-state index contributed by atoms with van der Waals surface area (Å²) in [5.74, 6) is -0.160. The van der Waals surface area contributed by atoms with Crippen molar-refractivity contribution in [2.45, 2.75) is 31.1 Å². The van der Waals surface area contributed by atoms with Crippen LogP contribution in [0.25, 0.3) is 0 Å². The van der Waals surface area contributed by atoms with E-state index in [4.69, 9.17) is 4.74 Å². The fraction of sp³-hybridized carbons (Fsp3) is 0.208. The highest BCUT2D eigenvalue weighted by molar-refractivity contribution is 7.93. The third-order valence-electron chi connectivity index (χ3n) is 4.77. The predicted molar refractivity (Wildman–Crippen MR) is 118 cm³/mol. The Morgan fingerprint density at radius 3 is 2.27 bits per heavy atom. The molecule has 0 saturated carbocycles. The van der Waals surface area contributed by atoms with Crippen LogP contribution < -0.4 is 9.04 Å². The fourth-order valence-electron chi connectivity index (χ4n) is 3.12. The molecule has 30 heavy (non-hydrogen) atoms. The van der Waals surface area contributed by atoms with Crippen LogP contribution >= 0.6 is 0 Å². The van der Waals surface area contributed by atoms with Crippen molar-refractivity contribution in [2.75, 3.05) is 11.4 Å². The number of hydrogen-bond acceptors (Lipinski definition) is 4. The highest BCUT2D eigenvalue weighted by atomic mass is 32.2. The molecule has 0 fully saturated rings. The Morgan fingerprint density at radius 2 is 1.63 bits per heavy atom. The minimum absolute atomic E-state index is 0.0521. The molecule has 5 nitrogen and oxygen atoms in total. The second-order valence-electron chi connectivity index (χ2n) is 6.89. The second-order valence-corrected chi connectivity index (χ2v) is 8.68. The maximum Gasteiger partial charge on any atom is 0.272 e. The Morgan fingerprint density at radius 1 is 0.933 bits per heavy atom. The van der Waals surface area contributed by atoms with Crippen molar-refractivity contribution in [2.24, 2.45) is 0 Å². The van der Waals surface area contributed by atoms with E-state index in [1.54, 1.807) is 48.5 Å². The molecule has 0 aliphatic heterocycles. The minimum Gasteiger partial charge on any atom is -0.497 e. The third kappa shape index (κ3) is 4.71. The second kappa shape index (κ2) is 9.59. The molecule has 1 amide bonds. The van der Waals surface area contributed by atoms with Crippen LogP contribution in [0.15, 0.2) is 83.8 Å². The maximum atomic E-state index is 13.4. The number of ether oxygens (including phenoxy) is 1. The average molecular weight is 424 g/mol. The number of benzene rings is 3. The van der Waals surface area contributed by atoms with Gasteiger partial charge >= 0.3 is 0 Å². The summed E-state index contributed by atoms with van der Waals surface area (Å²) in [6, 6.07) is 21.6. The van der Waals surface area contributed by atoms with Crippen LogP contribution in [0.5, 0.6) is 5.75 Å². The van der Waals surface area contributed by atoms with Gasteiger partial charge in [-0.3, -0.25) is 4.79 Å². The van der Waals surface area contributed by atoms with Crippen LogP contribution in [0.2, 0.25) is 0 Å². The molecular weight excluding hydrogens is 398 g/mol. The van der Waals surface area contributed by atoms with E-state index in [0.717, 1.165) is 29.1 Å². The lowest BCUT2D eigenvalue weighted by atomic mass is 10.1. The molecule has 3 aromatic rings. The maximum absolute atomic E-state index is 13.4. The summed E-state index contributed by atoms with van der Waals surface area (Å²) in [7, 11) is -2.61. The first-order valence-corrected chi connectivity index (χ1v) is 11.3. The number of carbonyl (C=O) groups excluding carboxylic acids is 1. The average Bonchev–Trinajstić information content (AvgIpc) is 2.79. The van der Waals surface area contributed by atoms with E-state index in [2.05, 4.69) is 6.92 Å². The number of hydrogen-bond donors (Lipinski definition) is 0. The van der Waals surface area contributed by atoms with Gasteiger partial charge in [0.25, 0.3) is 15.9 Å². The number of methoxy groups -OCH3 is 1. The van der Waals surface area contributed by atoms with Crippen molar-refractivity contribution in [1.82, 2.24) is 0 Å². The Labute approximate surface area is 178 Å². The lowest BCUT2D eigenvalue weighted by Crippen LogP contribution is -2.37. The van der Waals surface area contributed by atoms with Crippen LogP contribution in [-0.4, -0.2) is 21.4 Å². The number of aryl methyl sites for hydroxylation is 1. The monoisotopic (exact) mass is 423 g/mol. The number of rotatable bonds is 8. The Kier molecular flexibility index (Phi) is 6.90. The molecule has 0 aromatic heterocycles. The van der Waals surface area contributed by atoms with Crippen LogP contribution in [-0.2, 0) is 16.4 Å². The first kappa shape index (κ1) is 21.6. The van der Waals surface area contributed by atoms with Crippen LogP contribution in [0, 0.1) is 0 Å². The zero-order valence-corrected chi connectivity index (χ0v) is 17.9. The summed E-state index contributed by atoms with van der Waals surface area (Å²) in [6.07, 6.45) is 3.03. The van der Waals surface area contributed by atoms with E-state index in [1.807, 2.05) is 12.1 Å². The molecule has 6 heteroatoms. The molecule has 0 radical (unpaired) electrons. The molecule has 0 unspecified atom stereocenters. The molecule has 0 bridgehead atoms. The van der Waals surface area contributed by atoms with E-state index in [9.17, 15) is 13.2 Å². The standard InChI is InChI=1S/C24H25NO4S/c1-3-4-9-19-14-16-21(17-15-19)25(30(27,28)23-12-6-5-7-13-23)24(26)20-10-8-11-22(18-20)29-2/h5-8,10-18H,3-4,9H2,1-2H3. The first-order chi connectivity index (χ1) is 14.5. The first-order valence-electron chi connectivity index (χ1n) is 9.85. The summed E-state index contributed by atoms with van der Waals surface area (Å²) >= 11 is 0. The number of nitrogens with zero attached hydrogens (tertiary/aromatic N) is 1. The number of anilines is 1. The topological polar surface area (TPSA) is 63.7 Å². The van der Waals surface area contributed by atoms with Gasteiger partial charge < -0.3 is 4.74 Å².